The Hall–Kier alpha value is -2.61. The highest BCUT2D eigenvalue weighted by Gasteiger charge is 2.28. The summed E-state index contributed by atoms with van der Waals surface area (Å²) in [6.45, 7) is 1.62. The van der Waals surface area contributed by atoms with Gasteiger partial charge in [-0.1, -0.05) is 11.6 Å². The number of nitrogens with zero attached hydrogens (tertiary/aromatic N) is 1. The van der Waals surface area contributed by atoms with Gasteiger partial charge in [-0.3, -0.25) is 24.1 Å². The van der Waals surface area contributed by atoms with Crippen LogP contribution >= 0.6 is 11.6 Å². The van der Waals surface area contributed by atoms with E-state index < -0.39 is 18.0 Å². The van der Waals surface area contributed by atoms with Crippen molar-refractivity contribution in [2.24, 2.45) is 0 Å². The van der Waals surface area contributed by atoms with E-state index in [9.17, 15) is 19.2 Å². The van der Waals surface area contributed by atoms with Gasteiger partial charge >= 0.3 is 5.97 Å². The van der Waals surface area contributed by atoms with Gasteiger partial charge in [-0.05, 0) is 31.5 Å². The minimum atomic E-state index is -1.03. The third kappa shape index (κ3) is 5.68. The van der Waals surface area contributed by atoms with Crippen molar-refractivity contribution in [2.45, 2.75) is 38.7 Å². The number of esters is 1. The Labute approximate surface area is 161 Å². The molecule has 9 heteroatoms. The molecule has 0 aliphatic carbocycles. The number of nitrogens with one attached hydrogen (secondary N) is 1. The lowest BCUT2D eigenvalue weighted by Gasteiger charge is -2.16. The lowest BCUT2D eigenvalue weighted by molar-refractivity contribution is -0.153. The van der Waals surface area contributed by atoms with Gasteiger partial charge in [0.25, 0.3) is 5.91 Å². The van der Waals surface area contributed by atoms with Gasteiger partial charge in [-0.25, -0.2) is 0 Å². The molecule has 1 aromatic rings. The van der Waals surface area contributed by atoms with Crippen molar-refractivity contribution >= 4 is 41.0 Å². The minimum Gasteiger partial charge on any atom is -0.495 e. The predicted molar refractivity (Wildman–Crippen MR) is 97.4 cm³/mol. The molecule has 146 valence electrons. The smallest absolute Gasteiger partial charge is 0.306 e. The fraction of sp³-hybridized carbons (Fsp3) is 0.444. The highest BCUT2D eigenvalue weighted by molar-refractivity contribution is 6.31. The summed E-state index contributed by atoms with van der Waals surface area (Å²) >= 11 is 5.91. The zero-order valence-corrected chi connectivity index (χ0v) is 15.9. The Morgan fingerprint density at radius 1 is 1.26 bits per heavy atom. The van der Waals surface area contributed by atoms with E-state index in [0.29, 0.717) is 16.5 Å². The lowest BCUT2D eigenvalue weighted by Crippen LogP contribution is -2.32. The third-order valence-corrected chi connectivity index (χ3v) is 4.25. The van der Waals surface area contributed by atoms with Gasteiger partial charge in [0.05, 0.1) is 12.8 Å². The number of carbonyl (C=O) groups excluding carboxylic acids is 4. The van der Waals surface area contributed by atoms with Gasteiger partial charge in [-0.15, -0.1) is 0 Å². The molecule has 1 atom stereocenters. The molecule has 1 unspecified atom stereocenters. The van der Waals surface area contributed by atoms with Crippen molar-refractivity contribution in [1.29, 1.82) is 0 Å². The molecule has 1 aliphatic heterocycles. The van der Waals surface area contributed by atoms with Crippen LogP contribution in [0.25, 0.3) is 0 Å². The van der Waals surface area contributed by atoms with Crippen LogP contribution in [0.15, 0.2) is 18.2 Å². The molecular weight excluding hydrogens is 376 g/mol. The molecule has 1 aromatic carbocycles. The van der Waals surface area contributed by atoms with Gasteiger partial charge in [0.2, 0.25) is 11.8 Å². The van der Waals surface area contributed by atoms with Gasteiger partial charge in [0.1, 0.15) is 5.75 Å². The summed E-state index contributed by atoms with van der Waals surface area (Å²) < 4.78 is 10.2. The number of halogens is 1. The van der Waals surface area contributed by atoms with E-state index in [0.717, 1.165) is 4.90 Å². The number of methoxy groups -OCH3 is 1. The standard InChI is InChI=1S/C18H21ClN2O6/c1-11(18(25)20-13-10-12(19)5-6-14(13)26-2)27-17(24)4-3-9-21-15(22)7-8-16(21)23/h5-6,10-11H,3-4,7-9H2,1-2H3,(H,20,25). The first kappa shape index (κ1) is 20.7. The van der Waals surface area contributed by atoms with E-state index in [1.54, 1.807) is 12.1 Å². The molecule has 0 bridgehead atoms. The molecule has 0 aromatic heterocycles. The fourth-order valence-corrected chi connectivity index (χ4v) is 2.75. The van der Waals surface area contributed by atoms with Crippen LogP contribution in [0.4, 0.5) is 5.69 Å². The monoisotopic (exact) mass is 396 g/mol. The summed E-state index contributed by atoms with van der Waals surface area (Å²) in [6, 6.07) is 4.75. The number of hydrogen-bond acceptors (Lipinski definition) is 6. The Kier molecular flexibility index (Phi) is 7.18. The summed E-state index contributed by atoms with van der Waals surface area (Å²) in [6.07, 6.45) is -0.320. The van der Waals surface area contributed by atoms with Crippen LogP contribution in [0.3, 0.4) is 0 Å². The van der Waals surface area contributed by atoms with Crippen molar-refractivity contribution in [1.82, 2.24) is 4.90 Å². The first-order chi connectivity index (χ1) is 12.8. The number of rotatable bonds is 8. The second-order valence-electron chi connectivity index (χ2n) is 6.01. The number of benzene rings is 1. The van der Waals surface area contributed by atoms with E-state index in [4.69, 9.17) is 21.1 Å². The van der Waals surface area contributed by atoms with Crippen LogP contribution in [0.2, 0.25) is 5.02 Å². The molecule has 1 aliphatic rings. The van der Waals surface area contributed by atoms with Crippen LogP contribution in [0.1, 0.15) is 32.6 Å². The van der Waals surface area contributed by atoms with Crippen molar-refractivity contribution < 1.29 is 28.7 Å². The SMILES string of the molecule is COc1ccc(Cl)cc1NC(=O)C(C)OC(=O)CCCN1C(=O)CCC1=O. The van der Waals surface area contributed by atoms with Crippen molar-refractivity contribution in [3.8, 4) is 5.75 Å². The zero-order chi connectivity index (χ0) is 20.0. The number of imide groups is 1. The van der Waals surface area contributed by atoms with Crippen LogP contribution in [-0.2, 0) is 23.9 Å². The Morgan fingerprint density at radius 3 is 2.56 bits per heavy atom. The summed E-state index contributed by atoms with van der Waals surface area (Å²) in [4.78, 5) is 48.2. The van der Waals surface area contributed by atoms with Gasteiger partial charge in [0.15, 0.2) is 6.10 Å². The fourth-order valence-electron chi connectivity index (χ4n) is 2.58. The maximum atomic E-state index is 12.2. The van der Waals surface area contributed by atoms with Crippen LogP contribution in [0.5, 0.6) is 5.75 Å². The van der Waals surface area contributed by atoms with Crippen LogP contribution < -0.4 is 10.1 Å². The number of anilines is 1. The number of likely N-dealkylation sites (tertiary alicyclic amines) is 1. The molecule has 8 nitrogen and oxygen atoms in total. The average Bonchev–Trinajstić information content (AvgIpc) is 2.93. The molecular formula is C18H21ClN2O6. The highest BCUT2D eigenvalue weighted by Crippen LogP contribution is 2.27. The third-order valence-electron chi connectivity index (χ3n) is 4.01. The number of carbonyl (C=O) groups is 4. The first-order valence-electron chi connectivity index (χ1n) is 8.49. The Balaban J connectivity index is 1.80. The topological polar surface area (TPSA) is 102 Å². The summed E-state index contributed by atoms with van der Waals surface area (Å²) in [7, 11) is 1.46. The molecule has 0 saturated carbocycles. The molecule has 0 spiro atoms. The van der Waals surface area contributed by atoms with Crippen molar-refractivity contribution in [3.05, 3.63) is 23.2 Å². The van der Waals surface area contributed by atoms with E-state index in [-0.39, 0.29) is 44.0 Å². The average molecular weight is 397 g/mol. The molecule has 0 radical (unpaired) electrons. The second-order valence-corrected chi connectivity index (χ2v) is 6.45. The van der Waals surface area contributed by atoms with Crippen molar-refractivity contribution in [3.63, 3.8) is 0 Å². The largest absolute Gasteiger partial charge is 0.495 e. The number of amides is 3. The Morgan fingerprint density at radius 2 is 1.93 bits per heavy atom. The highest BCUT2D eigenvalue weighted by atomic mass is 35.5. The van der Waals surface area contributed by atoms with Crippen LogP contribution in [0, 0.1) is 0 Å². The van der Waals surface area contributed by atoms with E-state index in [2.05, 4.69) is 5.32 Å². The molecule has 2 rings (SSSR count). The van der Waals surface area contributed by atoms with Gasteiger partial charge in [-0.2, -0.15) is 0 Å². The van der Waals surface area contributed by atoms with E-state index in [1.807, 2.05) is 0 Å². The minimum absolute atomic E-state index is 0.00480. The lowest BCUT2D eigenvalue weighted by atomic mass is 10.2. The second kappa shape index (κ2) is 9.36. The number of ether oxygens (including phenoxy) is 2. The molecule has 1 heterocycles. The van der Waals surface area contributed by atoms with E-state index in [1.165, 1.54) is 20.1 Å². The van der Waals surface area contributed by atoms with E-state index >= 15 is 0 Å². The number of hydrogen-bond donors (Lipinski definition) is 1. The molecule has 1 N–H and O–H groups in total. The quantitative estimate of drug-likeness (QED) is 0.533. The van der Waals surface area contributed by atoms with Crippen molar-refractivity contribution in [2.75, 3.05) is 19.0 Å². The summed E-state index contributed by atoms with van der Waals surface area (Å²) in [5.74, 6) is -1.15. The summed E-state index contributed by atoms with van der Waals surface area (Å²) in [5, 5.41) is 3.02. The first-order valence-corrected chi connectivity index (χ1v) is 8.86. The van der Waals surface area contributed by atoms with Crippen LogP contribution in [-0.4, -0.2) is 48.3 Å². The zero-order valence-electron chi connectivity index (χ0n) is 15.1. The Bertz CT molecular complexity index is 735. The maximum absolute atomic E-state index is 12.2. The van der Waals surface area contributed by atoms with Gasteiger partial charge in [0, 0.05) is 30.8 Å². The molecule has 27 heavy (non-hydrogen) atoms. The molecule has 3 amide bonds. The summed E-state index contributed by atoms with van der Waals surface area (Å²) in [5.41, 5.74) is 0.365. The maximum Gasteiger partial charge on any atom is 0.306 e. The molecule has 1 saturated heterocycles. The normalized spacial score (nSPS) is 14.9. The predicted octanol–water partition coefficient (Wildman–Crippen LogP) is 2.15. The van der Waals surface area contributed by atoms with Gasteiger partial charge < -0.3 is 14.8 Å². The molecule has 1 fully saturated rings.